The number of anilines is 2. The molecule has 26 heavy (non-hydrogen) atoms. The van der Waals surface area contributed by atoms with Gasteiger partial charge in [0.2, 0.25) is 5.91 Å². The maximum absolute atomic E-state index is 12.6. The summed E-state index contributed by atoms with van der Waals surface area (Å²) in [5.74, 6) is -0.237. The van der Waals surface area contributed by atoms with Crippen molar-refractivity contribution < 1.29 is 9.59 Å². The van der Waals surface area contributed by atoms with Gasteiger partial charge in [0.1, 0.15) is 0 Å². The van der Waals surface area contributed by atoms with Crippen molar-refractivity contribution in [2.24, 2.45) is 10.2 Å². The highest BCUT2D eigenvalue weighted by atomic mass is 16.2. The molecule has 0 saturated heterocycles. The highest BCUT2D eigenvalue weighted by molar-refractivity contribution is 6.54. The van der Waals surface area contributed by atoms with E-state index in [4.69, 9.17) is 0 Å². The van der Waals surface area contributed by atoms with E-state index in [1.807, 2.05) is 43.3 Å². The van der Waals surface area contributed by atoms with E-state index in [1.54, 1.807) is 23.2 Å². The number of nitrogens with zero attached hydrogens (tertiary/aromatic N) is 3. The molecule has 1 N–H and O–H groups in total. The molecule has 0 bridgehead atoms. The monoisotopic (exact) mass is 348 g/mol. The van der Waals surface area contributed by atoms with Crippen LogP contribution >= 0.6 is 0 Å². The highest BCUT2D eigenvalue weighted by Crippen LogP contribution is 2.29. The number of hydrogen-bond acceptors (Lipinski definition) is 4. The largest absolute Gasteiger partial charge is 0.326 e. The van der Waals surface area contributed by atoms with Crippen LogP contribution in [0.2, 0.25) is 0 Å². The molecule has 6 nitrogen and oxygen atoms in total. The molecule has 6 heteroatoms. The molecule has 0 fully saturated rings. The Morgan fingerprint density at radius 2 is 1.88 bits per heavy atom. The number of nitrogens with one attached hydrogen (secondary N) is 1. The Hall–Kier alpha value is -3.28. The number of rotatable bonds is 5. The number of amides is 2. The van der Waals surface area contributed by atoms with Gasteiger partial charge in [-0.1, -0.05) is 37.3 Å². The first-order valence-corrected chi connectivity index (χ1v) is 8.50. The molecule has 1 aliphatic rings. The van der Waals surface area contributed by atoms with E-state index in [-0.39, 0.29) is 11.8 Å². The van der Waals surface area contributed by atoms with Gasteiger partial charge in [0.25, 0.3) is 5.91 Å². The Morgan fingerprint density at radius 3 is 2.58 bits per heavy atom. The molecule has 0 saturated carbocycles. The summed E-state index contributed by atoms with van der Waals surface area (Å²) in [7, 11) is 0. The van der Waals surface area contributed by atoms with E-state index < -0.39 is 0 Å². The number of para-hydroxylation sites is 1. The molecule has 132 valence electrons. The van der Waals surface area contributed by atoms with Gasteiger partial charge in [-0.3, -0.25) is 9.59 Å². The predicted molar refractivity (Wildman–Crippen MR) is 104 cm³/mol. The summed E-state index contributed by atoms with van der Waals surface area (Å²) in [5.41, 5.74) is 3.60. The summed E-state index contributed by atoms with van der Waals surface area (Å²) in [6, 6.07) is 14.8. The average molecular weight is 348 g/mol. The van der Waals surface area contributed by atoms with Crippen molar-refractivity contribution in [1.82, 2.24) is 0 Å². The first-order valence-electron chi connectivity index (χ1n) is 8.50. The van der Waals surface area contributed by atoms with Gasteiger partial charge in [-0.2, -0.15) is 5.10 Å². The Kier molecular flexibility index (Phi) is 5.22. The van der Waals surface area contributed by atoms with Gasteiger partial charge < -0.3 is 10.2 Å². The number of hydrogen-bond donors (Lipinski definition) is 1. The first-order chi connectivity index (χ1) is 12.6. The molecular formula is C20H20N4O2. The molecule has 0 spiro atoms. The fourth-order valence-electron chi connectivity index (χ4n) is 2.81. The SMILES string of the molecule is CCCN1C(=O)/C(=N/N=C\c2ccc(NC(C)=O)cc2)c2ccccc21. The van der Waals surface area contributed by atoms with Gasteiger partial charge in [0.05, 0.1) is 11.9 Å². The lowest BCUT2D eigenvalue weighted by Crippen LogP contribution is -2.30. The van der Waals surface area contributed by atoms with Crippen LogP contribution < -0.4 is 10.2 Å². The third-order valence-electron chi connectivity index (χ3n) is 3.94. The number of carbonyl (C=O) groups excluding carboxylic acids is 2. The summed E-state index contributed by atoms with van der Waals surface area (Å²) >= 11 is 0. The van der Waals surface area contributed by atoms with Gasteiger partial charge in [-0.05, 0) is 30.2 Å². The predicted octanol–water partition coefficient (Wildman–Crippen LogP) is 3.22. The maximum Gasteiger partial charge on any atom is 0.279 e. The van der Waals surface area contributed by atoms with Crippen LogP contribution in [-0.4, -0.2) is 30.3 Å². The molecule has 2 aromatic rings. The van der Waals surface area contributed by atoms with E-state index in [1.165, 1.54) is 6.92 Å². The normalized spacial score (nSPS) is 14.9. The van der Waals surface area contributed by atoms with E-state index in [2.05, 4.69) is 15.5 Å². The quantitative estimate of drug-likeness (QED) is 0.665. The standard InChI is InChI=1S/C20H20N4O2/c1-3-12-24-18-7-5-4-6-17(18)19(20(24)26)23-21-13-15-8-10-16(11-9-15)22-14(2)25/h4-11,13H,3,12H2,1-2H3,(H,22,25)/b21-13-,23-19+. The molecule has 0 atom stereocenters. The number of fused-ring (bicyclic) bond motifs is 1. The lowest BCUT2D eigenvalue weighted by molar-refractivity contribution is -0.114. The van der Waals surface area contributed by atoms with Crippen LogP contribution in [0.3, 0.4) is 0 Å². The van der Waals surface area contributed by atoms with Crippen molar-refractivity contribution >= 4 is 35.1 Å². The van der Waals surface area contributed by atoms with E-state index in [9.17, 15) is 9.59 Å². The van der Waals surface area contributed by atoms with Crippen LogP contribution in [-0.2, 0) is 9.59 Å². The minimum absolute atomic E-state index is 0.118. The summed E-state index contributed by atoms with van der Waals surface area (Å²) in [6.07, 6.45) is 2.46. The third kappa shape index (κ3) is 3.69. The molecular weight excluding hydrogens is 328 g/mol. The van der Waals surface area contributed by atoms with Crippen LogP contribution in [0.25, 0.3) is 0 Å². The zero-order chi connectivity index (χ0) is 18.5. The fraction of sp³-hybridized carbons (Fsp3) is 0.200. The van der Waals surface area contributed by atoms with Crippen molar-refractivity contribution in [3.8, 4) is 0 Å². The average Bonchev–Trinajstić information content (AvgIpc) is 2.89. The molecule has 3 rings (SSSR count). The maximum atomic E-state index is 12.6. The van der Waals surface area contributed by atoms with E-state index in [0.717, 1.165) is 28.9 Å². The molecule has 0 aromatic heterocycles. The van der Waals surface area contributed by atoms with Crippen molar-refractivity contribution in [3.63, 3.8) is 0 Å². The van der Waals surface area contributed by atoms with Crippen molar-refractivity contribution in [2.75, 3.05) is 16.8 Å². The molecule has 0 unspecified atom stereocenters. The molecule has 0 radical (unpaired) electrons. The van der Waals surface area contributed by atoms with Crippen LogP contribution in [0, 0.1) is 0 Å². The Balaban J connectivity index is 1.80. The van der Waals surface area contributed by atoms with Gasteiger partial charge in [0.15, 0.2) is 5.71 Å². The Bertz CT molecular complexity index is 885. The molecule has 2 amide bonds. The minimum Gasteiger partial charge on any atom is -0.326 e. The Morgan fingerprint density at radius 1 is 1.15 bits per heavy atom. The summed E-state index contributed by atoms with van der Waals surface area (Å²) in [6.45, 7) is 4.15. The molecule has 1 aliphatic heterocycles. The van der Waals surface area contributed by atoms with Gasteiger partial charge in [-0.15, -0.1) is 5.10 Å². The van der Waals surface area contributed by atoms with Crippen molar-refractivity contribution in [2.45, 2.75) is 20.3 Å². The smallest absolute Gasteiger partial charge is 0.279 e. The van der Waals surface area contributed by atoms with Crippen molar-refractivity contribution in [3.05, 3.63) is 59.7 Å². The van der Waals surface area contributed by atoms with Gasteiger partial charge in [-0.25, -0.2) is 0 Å². The van der Waals surface area contributed by atoms with Crippen LogP contribution in [0.5, 0.6) is 0 Å². The van der Waals surface area contributed by atoms with Crippen LogP contribution in [0.15, 0.2) is 58.7 Å². The van der Waals surface area contributed by atoms with E-state index in [0.29, 0.717) is 12.3 Å². The summed E-state index contributed by atoms with van der Waals surface area (Å²) < 4.78 is 0. The summed E-state index contributed by atoms with van der Waals surface area (Å²) in [5, 5.41) is 11.0. The second-order valence-electron chi connectivity index (χ2n) is 5.97. The zero-order valence-electron chi connectivity index (χ0n) is 14.8. The van der Waals surface area contributed by atoms with E-state index >= 15 is 0 Å². The second kappa shape index (κ2) is 7.74. The lowest BCUT2D eigenvalue weighted by Gasteiger charge is -2.14. The zero-order valence-corrected chi connectivity index (χ0v) is 14.8. The Labute approximate surface area is 152 Å². The minimum atomic E-state index is -0.119. The molecule has 1 heterocycles. The number of benzene rings is 2. The molecule has 2 aromatic carbocycles. The highest BCUT2D eigenvalue weighted by Gasteiger charge is 2.33. The lowest BCUT2D eigenvalue weighted by atomic mass is 10.1. The third-order valence-corrected chi connectivity index (χ3v) is 3.94. The van der Waals surface area contributed by atoms with Crippen LogP contribution in [0.1, 0.15) is 31.4 Å². The molecule has 0 aliphatic carbocycles. The second-order valence-corrected chi connectivity index (χ2v) is 5.97. The topological polar surface area (TPSA) is 74.1 Å². The van der Waals surface area contributed by atoms with Crippen LogP contribution in [0.4, 0.5) is 11.4 Å². The van der Waals surface area contributed by atoms with Gasteiger partial charge >= 0.3 is 0 Å². The summed E-state index contributed by atoms with van der Waals surface area (Å²) in [4.78, 5) is 25.4. The van der Waals surface area contributed by atoms with Gasteiger partial charge in [0, 0.05) is 24.7 Å². The number of carbonyl (C=O) groups is 2. The first kappa shape index (κ1) is 17.5. The fourth-order valence-corrected chi connectivity index (χ4v) is 2.81. The van der Waals surface area contributed by atoms with Crippen molar-refractivity contribution in [1.29, 1.82) is 0 Å².